The lowest BCUT2D eigenvalue weighted by Gasteiger charge is -2.16. The average molecular weight is 455 g/mol. The van der Waals surface area contributed by atoms with E-state index in [2.05, 4.69) is 28.3 Å². The Kier molecular flexibility index (Phi) is 8.76. The third-order valence-electron chi connectivity index (χ3n) is 4.97. The number of thiophene rings is 1. The van der Waals surface area contributed by atoms with Crippen molar-refractivity contribution in [3.05, 3.63) is 64.1 Å². The number of aryl methyl sites for hydroxylation is 1. The molecule has 2 aromatic heterocycles. The van der Waals surface area contributed by atoms with E-state index < -0.39 is 6.10 Å². The molecule has 2 heterocycles. The number of carbonyl (C=O) groups excluding carboxylic acids is 1. The number of rotatable bonds is 11. The predicted molar refractivity (Wildman–Crippen MR) is 126 cm³/mol. The fraction of sp³-hybridized carbons (Fsp3) is 0.400. The molecule has 170 valence electrons. The van der Waals surface area contributed by atoms with Crippen LogP contribution in [-0.2, 0) is 27.1 Å². The molecule has 3 aromatic rings. The van der Waals surface area contributed by atoms with Crippen LogP contribution in [0.1, 0.15) is 49.8 Å². The lowest BCUT2D eigenvalue weighted by molar-refractivity contribution is -0.156. The highest BCUT2D eigenvalue weighted by molar-refractivity contribution is 7.10. The summed E-state index contributed by atoms with van der Waals surface area (Å²) in [6.07, 6.45) is 4.44. The molecule has 0 amide bonds. The summed E-state index contributed by atoms with van der Waals surface area (Å²) in [4.78, 5) is 22.1. The van der Waals surface area contributed by atoms with Crippen LogP contribution < -0.4 is 4.74 Å². The van der Waals surface area contributed by atoms with Crippen molar-refractivity contribution in [2.75, 3.05) is 13.2 Å². The van der Waals surface area contributed by atoms with Crippen molar-refractivity contribution in [2.24, 2.45) is 0 Å². The summed E-state index contributed by atoms with van der Waals surface area (Å²) >= 11 is 1.63. The molecule has 32 heavy (non-hydrogen) atoms. The van der Waals surface area contributed by atoms with Crippen LogP contribution >= 0.6 is 11.3 Å². The SMILES string of the molecule is CCOC(=O)C(Cc1ccc(OC(C)c2cc(-c3ncc(CC)cn3)cs2)cc1)OCC. The van der Waals surface area contributed by atoms with E-state index in [0.29, 0.717) is 19.6 Å². The quantitative estimate of drug-likeness (QED) is 0.360. The normalized spacial score (nSPS) is 12.9. The average Bonchev–Trinajstić information content (AvgIpc) is 3.31. The molecular formula is C25H30N2O4S. The first kappa shape index (κ1) is 23.9. The van der Waals surface area contributed by atoms with Crippen molar-refractivity contribution < 1.29 is 19.0 Å². The number of carbonyl (C=O) groups is 1. The number of ether oxygens (including phenoxy) is 3. The zero-order valence-electron chi connectivity index (χ0n) is 19.0. The Morgan fingerprint density at radius 1 is 1.03 bits per heavy atom. The van der Waals surface area contributed by atoms with Crippen molar-refractivity contribution in [1.82, 2.24) is 9.97 Å². The molecule has 0 radical (unpaired) electrons. The van der Waals surface area contributed by atoms with Gasteiger partial charge in [0, 0.05) is 41.2 Å². The minimum atomic E-state index is -0.594. The van der Waals surface area contributed by atoms with Gasteiger partial charge < -0.3 is 14.2 Å². The van der Waals surface area contributed by atoms with Crippen molar-refractivity contribution >= 4 is 17.3 Å². The molecule has 1 aromatic carbocycles. The Morgan fingerprint density at radius 3 is 2.38 bits per heavy atom. The highest BCUT2D eigenvalue weighted by Crippen LogP contribution is 2.30. The first-order valence-electron chi connectivity index (χ1n) is 11.0. The minimum Gasteiger partial charge on any atom is -0.485 e. The lowest BCUT2D eigenvalue weighted by atomic mass is 10.1. The maximum absolute atomic E-state index is 12.1. The summed E-state index contributed by atoms with van der Waals surface area (Å²) in [6, 6.07) is 9.82. The molecule has 0 aliphatic carbocycles. The van der Waals surface area contributed by atoms with Crippen LogP contribution in [0.15, 0.2) is 48.1 Å². The second kappa shape index (κ2) is 11.7. The van der Waals surface area contributed by atoms with Gasteiger partial charge in [0.2, 0.25) is 0 Å². The first-order valence-corrected chi connectivity index (χ1v) is 11.9. The molecule has 0 fully saturated rings. The second-order valence-corrected chi connectivity index (χ2v) is 8.25. The monoisotopic (exact) mass is 454 g/mol. The molecular weight excluding hydrogens is 424 g/mol. The summed E-state index contributed by atoms with van der Waals surface area (Å²) in [6.45, 7) is 8.57. The molecule has 0 aliphatic rings. The molecule has 0 spiro atoms. The topological polar surface area (TPSA) is 70.5 Å². The van der Waals surface area contributed by atoms with Gasteiger partial charge in [-0.15, -0.1) is 11.3 Å². The summed E-state index contributed by atoms with van der Waals surface area (Å²) in [5.74, 6) is 1.17. The molecule has 0 saturated carbocycles. The first-order chi connectivity index (χ1) is 15.5. The number of hydrogen-bond donors (Lipinski definition) is 0. The highest BCUT2D eigenvalue weighted by Gasteiger charge is 2.20. The van der Waals surface area contributed by atoms with Crippen molar-refractivity contribution in [3.8, 4) is 17.1 Å². The summed E-state index contributed by atoms with van der Waals surface area (Å²) in [5.41, 5.74) is 3.11. The molecule has 0 N–H and O–H groups in total. The zero-order valence-corrected chi connectivity index (χ0v) is 19.9. The molecule has 2 atom stereocenters. The number of nitrogens with zero attached hydrogens (tertiary/aromatic N) is 2. The number of benzene rings is 1. The van der Waals surface area contributed by atoms with Gasteiger partial charge in [0.25, 0.3) is 0 Å². The smallest absolute Gasteiger partial charge is 0.335 e. The predicted octanol–water partition coefficient (Wildman–Crippen LogP) is 5.42. The van der Waals surface area contributed by atoms with Crippen LogP contribution in [0, 0.1) is 0 Å². The molecule has 3 rings (SSSR count). The molecule has 7 heteroatoms. The van der Waals surface area contributed by atoms with Gasteiger partial charge in [-0.2, -0.15) is 0 Å². The summed E-state index contributed by atoms with van der Waals surface area (Å²) in [7, 11) is 0. The van der Waals surface area contributed by atoms with Crippen molar-refractivity contribution in [1.29, 1.82) is 0 Å². The molecule has 6 nitrogen and oxygen atoms in total. The number of aromatic nitrogens is 2. The van der Waals surface area contributed by atoms with Gasteiger partial charge in [-0.3, -0.25) is 0 Å². The van der Waals surface area contributed by atoms with Gasteiger partial charge in [-0.05, 0) is 56.5 Å². The Labute approximate surface area is 193 Å². The van der Waals surface area contributed by atoms with E-state index in [9.17, 15) is 4.79 Å². The van der Waals surface area contributed by atoms with E-state index in [-0.39, 0.29) is 12.1 Å². The molecule has 2 unspecified atom stereocenters. The lowest BCUT2D eigenvalue weighted by Crippen LogP contribution is -2.28. The number of esters is 1. The maximum Gasteiger partial charge on any atom is 0.335 e. The van der Waals surface area contributed by atoms with Crippen LogP contribution in [0.2, 0.25) is 0 Å². The molecule has 0 bridgehead atoms. The van der Waals surface area contributed by atoms with Gasteiger partial charge >= 0.3 is 5.97 Å². The standard InChI is InChI=1S/C25H30N2O4S/c1-5-18-14-26-24(27-15-18)20-13-23(32-16-20)17(4)31-21-10-8-19(9-11-21)12-22(29-6-2)25(28)30-7-3/h8-11,13-17,22H,5-7,12H2,1-4H3. The fourth-order valence-corrected chi connectivity index (χ4v) is 4.07. The highest BCUT2D eigenvalue weighted by atomic mass is 32.1. The van der Waals surface area contributed by atoms with Crippen LogP contribution in [-0.4, -0.2) is 35.3 Å². The van der Waals surface area contributed by atoms with Gasteiger partial charge in [-0.1, -0.05) is 19.1 Å². The Bertz CT molecular complexity index is 986. The maximum atomic E-state index is 12.1. The molecule has 0 aliphatic heterocycles. The Hall–Kier alpha value is -2.77. The second-order valence-electron chi connectivity index (χ2n) is 7.31. The van der Waals surface area contributed by atoms with Crippen LogP contribution in [0.25, 0.3) is 11.4 Å². The Balaban J connectivity index is 1.61. The van der Waals surface area contributed by atoms with Crippen LogP contribution in [0.3, 0.4) is 0 Å². The van der Waals surface area contributed by atoms with E-state index in [4.69, 9.17) is 14.2 Å². The van der Waals surface area contributed by atoms with E-state index >= 15 is 0 Å². The van der Waals surface area contributed by atoms with E-state index in [1.165, 1.54) is 0 Å². The molecule has 0 saturated heterocycles. The summed E-state index contributed by atoms with van der Waals surface area (Å²) in [5, 5.41) is 2.06. The number of hydrogen-bond acceptors (Lipinski definition) is 7. The van der Waals surface area contributed by atoms with Crippen LogP contribution in [0.5, 0.6) is 5.75 Å². The van der Waals surface area contributed by atoms with E-state index in [1.807, 2.05) is 50.5 Å². The van der Waals surface area contributed by atoms with Gasteiger partial charge in [0.1, 0.15) is 11.9 Å². The fourth-order valence-electron chi connectivity index (χ4n) is 3.20. The summed E-state index contributed by atoms with van der Waals surface area (Å²) < 4.78 is 16.8. The minimum absolute atomic E-state index is 0.106. The van der Waals surface area contributed by atoms with E-state index in [0.717, 1.165) is 39.6 Å². The zero-order chi connectivity index (χ0) is 22.9. The van der Waals surface area contributed by atoms with Gasteiger partial charge in [0.05, 0.1) is 6.61 Å². The van der Waals surface area contributed by atoms with E-state index in [1.54, 1.807) is 18.3 Å². The van der Waals surface area contributed by atoms with Crippen molar-refractivity contribution in [3.63, 3.8) is 0 Å². The van der Waals surface area contributed by atoms with Gasteiger partial charge in [0.15, 0.2) is 11.9 Å². The van der Waals surface area contributed by atoms with Gasteiger partial charge in [-0.25, -0.2) is 14.8 Å². The van der Waals surface area contributed by atoms with Crippen LogP contribution in [0.4, 0.5) is 0 Å². The Morgan fingerprint density at radius 2 is 1.75 bits per heavy atom. The van der Waals surface area contributed by atoms with Crippen molar-refractivity contribution in [2.45, 2.75) is 52.7 Å². The third kappa shape index (κ3) is 6.37. The largest absolute Gasteiger partial charge is 0.485 e. The third-order valence-corrected chi connectivity index (χ3v) is 6.06.